The Kier molecular flexibility index (Phi) is 7.43. The van der Waals surface area contributed by atoms with Crippen LogP contribution in [-0.4, -0.2) is 27.0 Å². The second kappa shape index (κ2) is 10.7. The molecule has 1 aliphatic rings. The Morgan fingerprint density at radius 1 is 1.08 bits per heavy atom. The molecule has 0 aliphatic carbocycles. The van der Waals surface area contributed by atoms with Gasteiger partial charge in [0.2, 0.25) is 5.13 Å². The summed E-state index contributed by atoms with van der Waals surface area (Å²) in [4.78, 5) is 27.8. The van der Waals surface area contributed by atoms with Gasteiger partial charge in [-0.15, -0.1) is 10.2 Å². The molecule has 0 radical (unpaired) electrons. The maximum absolute atomic E-state index is 13.5. The van der Waals surface area contributed by atoms with Crippen LogP contribution in [0.2, 0.25) is 5.02 Å². The fraction of sp³-hybridized carbons (Fsp3) is 0.0769. The Morgan fingerprint density at radius 3 is 2.57 bits per heavy atom. The fourth-order valence-corrected chi connectivity index (χ4v) is 6.47. The van der Waals surface area contributed by atoms with Crippen molar-refractivity contribution in [3.63, 3.8) is 0 Å². The van der Waals surface area contributed by atoms with E-state index in [4.69, 9.17) is 11.6 Å². The van der Waals surface area contributed by atoms with Gasteiger partial charge in [-0.2, -0.15) is 0 Å². The molecule has 1 amide bonds. The first kappa shape index (κ1) is 25.6. The van der Waals surface area contributed by atoms with Gasteiger partial charge < -0.3 is 5.11 Å². The number of hydrogen-bond donors (Lipinski definition) is 1. The van der Waals surface area contributed by atoms with E-state index in [0.29, 0.717) is 20.7 Å². The predicted octanol–water partition coefficient (Wildman–Crippen LogP) is 7.01. The highest BCUT2D eigenvalue weighted by Gasteiger charge is 2.48. The van der Waals surface area contributed by atoms with Crippen molar-refractivity contribution in [1.29, 1.82) is 0 Å². The number of carbonyl (C=O) groups excluding carboxylic acids is 2. The van der Waals surface area contributed by atoms with Crippen molar-refractivity contribution >= 4 is 73.2 Å². The van der Waals surface area contributed by atoms with Crippen molar-refractivity contribution in [2.45, 2.75) is 16.1 Å². The summed E-state index contributed by atoms with van der Waals surface area (Å²) in [7, 11) is 0. The first-order chi connectivity index (χ1) is 17.8. The number of aliphatic hydroxyl groups excluding tert-OH is 1. The molecule has 1 atom stereocenters. The van der Waals surface area contributed by atoms with Crippen LogP contribution in [0.25, 0.3) is 5.76 Å². The molecule has 6 nitrogen and oxygen atoms in total. The minimum absolute atomic E-state index is 0.116. The van der Waals surface area contributed by atoms with Crippen LogP contribution in [0.3, 0.4) is 0 Å². The molecule has 11 heteroatoms. The van der Waals surface area contributed by atoms with Crippen LogP contribution in [0.5, 0.6) is 0 Å². The zero-order valence-electron chi connectivity index (χ0n) is 18.8. The molecule has 0 saturated carbocycles. The minimum Gasteiger partial charge on any atom is -0.507 e. The lowest BCUT2D eigenvalue weighted by Crippen LogP contribution is -2.29. The van der Waals surface area contributed by atoms with Gasteiger partial charge in [0.1, 0.15) is 11.6 Å². The fourth-order valence-electron chi connectivity index (χ4n) is 3.90. The van der Waals surface area contributed by atoms with E-state index in [0.717, 1.165) is 21.4 Å². The Balaban J connectivity index is 1.55. The number of ketones is 1. The van der Waals surface area contributed by atoms with Crippen LogP contribution >= 0.6 is 50.6 Å². The summed E-state index contributed by atoms with van der Waals surface area (Å²) >= 11 is 12.2. The van der Waals surface area contributed by atoms with Crippen molar-refractivity contribution in [3.05, 3.63) is 110 Å². The molecule has 0 spiro atoms. The van der Waals surface area contributed by atoms with Gasteiger partial charge in [0, 0.05) is 20.8 Å². The average Bonchev–Trinajstić information content (AvgIpc) is 3.46. The Bertz CT molecular complexity index is 1540. The molecule has 1 saturated heterocycles. The molecule has 186 valence electrons. The maximum Gasteiger partial charge on any atom is 0.301 e. The van der Waals surface area contributed by atoms with E-state index in [2.05, 4.69) is 26.1 Å². The number of thioether (sulfide) groups is 1. The molecule has 5 rings (SSSR count). The van der Waals surface area contributed by atoms with Crippen LogP contribution in [-0.2, 0) is 15.3 Å². The minimum atomic E-state index is -0.961. The number of aliphatic hydroxyl groups is 1. The third-order valence-electron chi connectivity index (χ3n) is 5.64. The quantitative estimate of drug-likeness (QED) is 0.0825. The molecule has 1 aromatic heterocycles. The van der Waals surface area contributed by atoms with Gasteiger partial charge in [-0.3, -0.25) is 14.5 Å². The summed E-state index contributed by atoms with van der Waals surface area (Å²) in [5.74, 6) is -2.05. The van der Waals surface area contributed by atoms with Gasteiger partial charge in [0.15, 0.2) is 4.34 Å². The van der Waals surface area contributed by atoms with Gasteiger partial charge in [0.25, 0.3) is 5.78 Å². The number of carbonyl (C=O) groups is 2. The third kappa shape index (κ3) is 5.19. The highest BCUT2D eigenvalue weighted by Crippen LogP contribution is 2.44. The molecule has 1 aliphatic heterocycles. The Morgan fingerprint density at radius 2 is 1.84 bits per heavy atom. The number of anilines is 1. The molecule has 2 heterocycles. The zero-order chi connectivity index (χ0) is 26.1. The number of halogens is 3. The van der Waals surface area contributed by atoms with Gasteiger partial charge in [-0.25, -0.2) is 4.39 Å². The summed E-state index contributed by atoms with van der Waals surface area (Å²) in [6, 6.07) is 18.6. The Hall–Kier alpha value is -3.05. The monoisotopic (exact) mass is 615 g/mol. The third-order valence-corrected chi connectivity index (χ3v) is 8.60. The smallest absolute Gasteiger partial charge is 0.301 e. The normalized spacial score (nSPS) is 16.9. The lowest BCUT2D eigenvalue weighted by molar-refractivity contribution is -0.132. The molecular formula is C26H16BrClFN3O3S2. The molecule has 1 unspecified atom stereocenters. The lowest BCUT2D eigenvalue weighted by atomic mass is 9.95. The number of hydrogen-bond acceptors (Lipinski definition) is 7. The van der Waals surface area contributed by atoms with E-state index in [9.17, 15) is 19.1 Å². The SMILES string of the molecule is O=C1C(=O)N(c2nnc(SCc3ccccc3Cl)s2)C(c2cccc(Br)c2)/C1=C(/O)c1ccc(F)cc1. The van der Waals surface area contributed by atoms with Crippen LogP contribution < -0.4 is 4.90 Å². The zero-order valence-corrected chi connectivity index (χ0v) is 22.7. The van der Waals surface area contributed by atoms with Crippen LogP contribution in [0, 0.1) is 5.82 Å². The van der Waals surface area contributed by atoms with E-state index in [1.54, 1.807) is 18.2 Å². The van der Waals surface area contributed by atoms with E-state index in [1.165, 1.54) is 40.9 Å². The van der Waals surface area contributed by atoms with Crippen LogP contribution in [0.4, 0.5) is 9.52 Å². The topological polar surface area (TPSA) is 83.4 Å². The molecule has 1 N–H and O–H groups in total. The number of nitrogens with zero attached hydrogens (tertiary/aromatic N) is 3. The summed E-state index contributed by atoms with van der Waals surface area (Å²) < 4.78 is 14.8. The van der Waals surface area contributed by atoms with E-state index < -0.39 is 29.3 Å². The molecule has 4 aromatic rings. The molecule has 0 bridgehead atoms. The molecule has 37 heavy (non-hydrogen) atoms. The predicted molar refractivity (Wildman–Crippen MR) is 146 cm³/mol. The van der Waals surface area contributed by atoms with Crippen molar-refractivity contribution < 1.29 is 19.1 Å². The molecular weight excluding hydrogens is 601 g/mol. The summed E-state index contributed by atoms with van der Waals surface area (Å²) in [5, 5.41) is 20.4. The molecule has 3 aromatic carbocycles. The van der Waals surface area contributed by atoms with Gasteiger partial charge in [0.05, 0.1) is 11.6 Å². The summed E-state index contributed by atoms with van der Waals surface area (Å²) in [5.41, 5.74) is 1.61. The number of rotatable bonds is 6. The van der Waals surface area contributed by atoms with E-state index >= 15 is 0 Å². The second-order valence-electron chi connectivity index (χ2n) is 7.96. The van der Waals surface area contributed by atoms with Gasteiger partial charge in [-0.05, 0) is 53.6 Å². The number of amides is 1. The lowest BCUT2D eigenvalue weighted by Gasteiger charge is -2.22. The van der Waals surface area contributed by atoms with E-state index in [1.807, 2.05) is 30.3 Å². The van der Waals surface area contributed by atoms with Crippen molar-refractivity contribution in [1.82, 2.24) is 10.2 Å². The van der Waals surface area contributed by atoms with Gasteiger partial charge in [-0.1, -0.05) is 81.0 Å². The largest absolute Gasteiger partial charge is 0.507 e. The number of benzene rings is 3. The van der Waals surface area contributed by atoms with Crippen molar-refractivity contribution in [2.24, 2.45) is 0 Å². The number of Topliss-reactive ketones (excluding diaryl/α,β-unsaturated/α-hetero) is 1. The summed E-state index contributed by atoms with van der Waals surface area (Å²) in [6.45, 7) is 0. The second-order valence-corrected chi connectivity index (χ2v) is 11.5. The van der Waals surface area contributed by atoms with E-state index in [-0.39, 0.29) is 16.3 Å². The summed E-state index contributed by atoms with van der Waals surface area (Å²) in [6.07, 6.45) is 0. The van der Waals surface area contributed by atoms with Crippen LogP contribution in [0.15, 0.2) is 87.2 Å². The van der Waals surface area contributed by atoms with Crippen LogP contribution in [0.1, 0.15) is 22.7 Å². The van der Waals surface area contributed by atoms with Crippen molar-refractivity contribution in [3.8, 4) is 0 Å². The molecule has 1 fully saturated rings. The van der Waals surface area contributed by atoms with Gasteiger partial charge >= 0.3 is 5.91 Å². The first-order valence-corrected chi connectivity index (χ1v) is 13.8. The first-order valence-electron chi connectivity index (χ1n) is 10.9. The number of aromatic nitrogens is 2. The highest BCUT2D eigenvalue weighted by molar-refractivity contribution is 9.10. The average molecular weight is 617 g/mol. The Labute approximate surface area is 232 Å². The highest BCUT2D eigenvalue weighted by atomic mass is 79.9. The maximum atomic E-state index is 13.5. The standard InChI is InChI=1S/C26H16BrClFN3O3S2/c27-17-6-3-5-15(12-17)21-20(22(33)14-8-10-18(29)11-9-14)23(34)24(35)32(21)25-30-31-26(37-25)36-13-16-4-1-2-7-19(16)28/h1-12,21,33H,13H2/b22-20-. The van der Waals surface area contributed by atoms with Crippen molar-refractivity contribution in [2.75, 3.05) is 4.90 Å².